The quantitative estimate of drug-likeness (QED) is 0.196. The molecule has 12 nitrogen and oxygen atoms in total. The fourth-order valence-corrected chi connectivity index (χ4v) is 4.92. The van der Waals surface area contributed by atoms with E-state index in [1.807, 2.05) is 0 Å². The van der Waals surface area contributed by atoms with E-state index in [9.17, 15) is 24.7 Å². The number of nitrogens with one attached hydrogen (secondary N) is 1. The van der Waals surface area contributed by atoms with Crippen LogP contribution in [0.1, 0.15) is 23.5 Å². The molecule has 5 N–H and O–H groups in total. The highest BCUT2D eigenvalue weighted by atomic mass is 35.5. The molecular weight excluding hydrogens is 482 g/mol. The molecule has 0 spiro atoms. The van der Waals surface area contributed by atoms with Gasteiger partial charge in [0.1, 0.15) is 32.3 Å². The zero-order chi connectivity index (χ0) is 23.0. The number of hydrogen-bond acceptors (Lipinski definition) is 11. The Labute approximate surface area is 192 Å². The second kappa shape index (κ2) is 8.64. The van der Waals surface area contributed by atoms with Gasteiger partial charge >= 0.3 is 5.97 Å². The lowest BCUT2D eigenvalue weighted by Crippen LogP contribution is -2.72. The van der Waals surface area contributed by atoms with E-state index in [4.69, 9.17) is 17.3 Å². The number of amides is 2. The van der Waals surface area contributed by atoms with Crippen LogP contribution in [0.15, 0.2) is 28.0 Å². The summed E-state index contributed by atoms with van der Waals surface area (Å²) >= 11 is 8.15. The van der Waals surface area contributed by atoms with Gasteiger partial charge in [0, 0.05) is 0 Å². The summed E-state index contributed by atoms with van der Waals surface area (Å²) in [5, 5.41) is 32.6. The zero-order valence-corrected chi connectivity index (χ0v) is 18.3. The molecule has 2 aromatic rings. The van der Waals surface area contributed by atoms with E-state index in [-0.39, 0.29) is 20.9 Å². The Morgan fingerprint density at radius 2 is 2.19 bits per heavy atom. The Morgan fingerprint density at radius 3 is 2.78 bits per heavy atom. The Bertz CT molecular complexity index is 1190. The Hall–Kier alpha value is -3.36. The third-order valence-corrected chi connectivity index (χ3v) is 6.65. The highest BCUT2D eigenvalue weighted by molar-refractivity contribution is 7.19. The first-order chi connectivity index (χ1) is 15.3. The van der Waals surface area contributed by atoms with Crippen molar-refractivity contribution < 1.29 is 24.7 Å². The molecule has 0 radical (unpaired) electrons. The number of carbonyl (C=O) groups is 3. The van der Waals surface area contributed by atoms with E-state index in [0.29, 0.717) is 23.4 Å². The largest absolute Gasteiger partial charge is 0.477 e. The smallest absolute Gasteiger partial charge is 0.352 e. The number of carbonyl (C=O) groups excluding carboxylic acids is 2. The van der Waals surface area contributed by atoms with Crippen LogP contribution in [0.25, 0.3) is 6.08 Å². The van der Waals surface area contributed by atoms with Gasteiger partial charge in [0.2, 0.25) is 0 Å². The number of fused-ring (bicyclic) bond motifs is 1. The first-order valence-electron chi connectivity index (χ1n) is 9.00. The number of carboxylic acid groups (broad SMARTS) is 1. The number of aliphatic carboxylic acids is 1. The fraction of sp³-hybridized carbons (Fsp3) is 0.235. The molecule has 2 atom stereocenters. The normalized spacial score (nSPS) is 21.0. The molecule has 1 fully saturated rings. The standard InChI is InChI=1S/C17H14ClN7O5S2/c18-13-10(22-17(19)32-13)11(24-30)14(26)21-9-7-3-1-6(2-4-8-23-20-5-31-8)12(16(28)29)25(7)15(9)27/h2,4-5,7,9,30H,1,3H2,(H2,19,22)(H,21,26)(H,28,29)/b4-2?,24-11+/t7-,9+/m1/s1. The van der Waals surface area contributed by atoms with E-state index in [1.54, 1.807) is 17.7 Å². The number of rotatable bonds is 6. The summed E-state index contributed by atoms with van der Waals surface area (Å²) in [6.07, 6.45) is 4.02. The SMILES string of the molecule is Nc1nc(/C(=N\O)C(=O)N[C@@H]2C(=O)N3C(C(=O)O)=C(C=Cc4nncs4)CC[C@H]23)c(Cl)s1. The summed E-state index contributed by atoms with van der Waals surface area (Å²) in [4.78, 5) is 42.3. The van der Waals surface area contributed by atoms with Crippen LogP contribution >= 0.6 is 34.3 Å². The zero-order valence-electron chi connectivity index (χ0n) is 15.9. The van der Waals surface area contributed by atoms with Gasteiger partial charge in [-0.15, -0.1) is 21.5 Å². The van der Waals surface area contributed by atoms with Gasteiger partial charge in [-0.2, -0.15) is 0 Å². The van der Waals surface area contributed by atoms with Gasteiger partial charge < -0.3 is 21.4 Å². The minimum Gasteiger partial charge on any atom is -0.477 e. The summed E-state index contributed by atoms with van der Waals surface area (Å²) in [5.41, 5.74) is 6.80. The number of anilines is 1. The minimum absolute atomic E-state index is 0.0487. The molecule has 0 saturated carbocycles. The van der Waals surface area contributed by atoms with Gasteiger partial charge in [-0.25, -0.2) is 9.78 Å². The Kier molecular flexibility index (Phi) is 5.90. The summed E-state index contributed by atoms with van der Waals surface area (Å²) in [7, 11) is 0. The predicted molar refractivity (Wildman–Crippen MR) is 115 cm³/mol. The molecule has 166 valence electrons. The van der Waals surface area contributed by atoms with Crippen LogP contribution in [0.4, 0.5) is 5.13 Å². The summed E-state index contributed by atoms with van der Waals surface area (Å²) < 4.78 is 0.0487. The average Bonchev–Trinajstić information content (AvgIpc) is 3.39. The lowest BCUT2D eigenvalue weighted by atomic mass is 9.83. The molecule has 0 aliphatic carbocycles. The Morgan fingerprint density at radius 1 is 1.41 bits per heavy atom. The fourth-order valence-electron chi connectivity index (χ4n) is 3.55. The van der Waals surface area contributed by atoms with Gasteiger partial charge in [0.25, 0.3) is 11.8 Å². The Balaban J connectivity index is 1.53. The molecule has 2 aromatic heterocycles. The van der Waals surface area contributed by atoms with Crippen LogP contribution in [0.5, 0.6) is 0 Å². The van der Waals surface area contributed by atoms with Crippen molar-refractivity contribution in [2.24, 2.45) is 5.16 Å². The van der Waals surface area contributed by atoms with Gasteiger partial charge in [-0.3, -0.25) is 14.5 Å². The number of hydrogen-bond donors (Lipinski definition) is 4. The van der Waals surface area contributed by atoms with Gasteiger partial charge in [-0.1, -0.05) is 34.2 Å². The number of carboxylic acids is 1. The van der Waals surface area contributed by atoms with Crippen molar-refractivity contribution in [1.29, 1.82) is 0 Å². The van der Waals surface area contributed by atoms with Crippen LogP contribution in [0, 0.1) is 0 Å². The molecule has 1 saturated heterocycles. The molecule has 0 unspecified atom stereocenters. The molecule has 4 rings (SSSR count). The van der Waals surface area contributed by atoms with E-state index in [0.717, 1.165) is 16.2 Å². The van der Waals surface area contributed by atoms with Crippen LogP contribution in [0.3, 0.4) is 0 Å². The minimum atomic E-state index is -1.26. The van der Waals surface area contributed by atoms with E-state index >= 15 is 0 Å². The number of allylic oxidation sites excluding steroid dienone is 2. The van der Waals surface area contributed by atoms with Crippen molar-refractivity contribution >= 4 is 69.0 Å². The van der Waals surface area contributed by atoms with Gasteiger partial charge in [-0.05, 0) is 24.5 Å². The molecule has 4 heterocycles. The van der Waals surface area contributed by atoms with Crippen molar-refractivity contribution in [2.45, 2.75) is 24.9 Å². The number of thiazole rings is 1. The molecule has 2 aliphatic rings. The number of β-lactam (4-membered cyclic amide) rings is 1. The van der Waals surface area contributed by atoms with Gasteiger partial charge in [0.15, 0.2) is 10.8 Å². The number of halogens is 1. The van der Waals surface area contributed by atoms with Crippen molar-refractivity contribution in [2.75, 3.05) is 5.73 Å². The van der Waals surface area contributed by atoms with Crippen molar-refractivity contribution in [3.05, 3.63) is 37.9 Å². The summed E-state index contributed by atoms with van der Waals surface area (Å²) in [6.45, 7) is 0. The number of oxime groups is 1. The third kappa shape index (κ3) is 3.83. The van der Waals surface area contributed by atoms with Crippen LogP contribution in [-0.2, 0) is 14.4 Å². The highest BCUT2D eigenvalue weighted by Crippen LogP contribution is 2.37. The molecule has 2 amide bonds. The average molecular weight is 496 g/mol. The lowest BCUT2D eigenvalue weighted by molar-refractivity contribution is -0.155. The molecule has 2 aliphatic heterocycles. The van der Waals surface area contributed by atoms with Crippen LogP contribution < -0.4 is 11.1 Å². The summed E-state index contributed by atoms with van der Waals surface area (Å²) in [6, 6.07) is -1.55. The van der Waals surface area contributed by atoms with E-state index in [1.165, 1.54) is 11.3 Å². The maximum absolute atomic E-state index is 12.8. The third-order valence-electron chi connectivity index (χ3n) is 4.91. The molecule has 32 heavy (non-hydrogen) atoms. The maximum atomic E-state index is 12.8. The first kappa shape index (κ1) is 21.9. The highest BCUT2D eigenvalue weighted by Gasteiger charge is 2.53. The topological polar surface area (TPSA) is 184 Å². The molecule has 0 bridgehead atoms. The van der Waals surface area contributed by atoms with E-state index in [2.05, 4.69) is 25.7 Å². The van der Waals surface area contributed by atoms with Crippen LogP contribution in [-0.4, -0.2) is 66.0 Å². The number of nitrogen functional groups attached to an aromatic ring is 1. The lowest BCUT2D eigenvalue weighted by Gasteiger charge is -2.50. The monoisotopic (exact) mass is 495 g/mol. The van der Waals surface area contributed by atoms with Crippen LogP contribution in [0.2, 0.25) is 4.34 Å². The number of nitrogens with zero attached hydrogens (tertiary/aromatic N) is 5. The number of nitrogens with two attached hydrogens (primary N) is 1. The van der Waals surface area contributed by atoms with E-state index < -0.39 is 35.6 Å². The molecule has 0 aromatic carbocycles. The molecular formula is C17H14ClN7O5S2. The number of aromatic nitrogens is 3. The van der Waals surface area contributed by atoms with Crippen molar-refractivity contribution in [1.82, 2.24) is 25.4 Å². The maximum Gasteiger partial charge on any atom is 0.352 e. The predicted octanol–water partition coefficient (Wildman–Crippen LogP) is 0.950. The molecule has 15 heteroatoms. The second-order valence-corrected chi connectivity index (χ2v) is 9.18. The van der Waals surface area contributed by atoms with Crippen molar-refractivity contribution in [3.8, 4) is 0 Å². The first-order valence-corrected chi connectivity index (χ1v) is 11.1. The van der Waals surface area contributed by atoms with Crippen molar-refractivity contribution in [3.63, 3.8) is 0 Å². The summed E-state index contributed by atoms with van der Waals surface area (Å²) in [5.74, 6) is -2.74. The van der Waals surface area contributed by atoms with Gasteiger partial charge in [0.05, 0.1) is 6.04 Å². The second-order valence-electron chi connectivity index (χ2n) is 6.68.